The highest BCUT2D eigenvalue weighted by Crippen LogP contribution is 2.21. The number of methoxy groups -OCH3 is 1. The quantitative estimate of drug-likeness (QED) is 0.845. The maximum absolute atomic E-state index is 9.83. The molecule has 0 aromatic heterocycles. The molecule has 3 nitrogen and oxygen atoms in total. The van der Waals surface area contributed by atoms with E-state index < -0.39 is 0 Å². The standard InChI is InChI=1S/C13H18O3/c1-15-12-4-2-10(3-5-12)8-11-9-16-7-6-13(11)14/h2-5,11,13-14H,6-9H2,1H3. The number of ether oxygens (including phenoxy) is 2. The molecule has 0 bridgehead atoms. The minimum Gasteiger partial charge on any atom is -0.497 e. The van der Waals surface area contributed by atoms with E-state index >= 15 is 0 Å². The number of hydrogen-bond acceptors (Lipinski definition) is 3. The normalized spacial score (nSPS) is 25.4. The summed E-state index contributed by atoms with van der Waals surface area (Å²) in [7, 11) is 1.66. The van der Waals surface area contributed by atoms with Crippen LogP contribution in [0.15, 0.2) is 24.3 Å². The summed E-state index contributed by atoms with van der Waals surface area (Å²) in [4.78, 5) is 0. The SMILES string of the molecule is COc1ccc(CC2COCCC2O)cc1. The molecule has 0 saturated carbocycles. The van der Waals surface area contributed by atoms with Gasteiger partial charge in [-0.15, -0.1) is 0 Å². The van der Waals surface area contributed by atoms with Crippen LogP contribution in [0, 0.1) is 5.92 Å². The third-order valence-electron chi connectivity index (χ3n) is 3.09. The summed E-state index contributed by atoms with van der Waals surface area (Å²) < 4.78 is 10.5. The van der Waals surface area contributed by atoms with Crippen LogP contribution in [-0.4, -0.2) is 31.5 Å². The average molecular weight is 222 g/mol. The van der Waals surface area contributed by atoms with Crippen molar-refractivity contribution in [1.29, 1.82) is 0 Å². The molecule has 1 aromatic carbocycles. The fourth-order valence-electron chi connectivity index (χ4n) is 2.04. The van der Waals surface area contributed by atoms with Crippen molar-refractivity contribution >= 4 is 0 Å². The van der Waals surface area contributed by atoms with E-state index in [0.717, 1.165) is 18.6 Å². The van der Waals surface area contributed by atoms with Crippen LogP contribution in [0.2, 0.25) is 0 Å². The molecule has 1 fully saturated rings. The molecule has 1 heterocycles. The summed E-state index contributed by atoms with van der Waals surface area (Å²) in [5.41, 5.74) is 1.22. The van der Waals surface area contributed by atoms with E-state index in [9.17, 15) is 5.11 Å². The molecule has 2 rings (SSSR count). The molecule has 1 N–H and O–H groups in total. The molecule has 3 heteroatoms. The maximum Gasteiger partial charge on any atom is 0.118 e. The van der Waals surface area contributed by atoms with Gasteiger partial charge >= 0.3 is 0 Å². The van der Waals surface area contributed by atoms with Gasteiger partial charge in [0.25, 0.3) is 0 Å². The fraction of sp³-hybridized carbons (Fsp3) is 0.538. The van der Waals surface area contributed by atoms with Crippen LogP contribution in [0.25, 0.3) is 0 Å². The lowest BCUT2D eigenvalue weighted by atomic mass is 9.91. The van der Waals surface area contributed by atoms with Gasteiger partial charge in [0.1, 0.15) is 5.75 Å². The van der Waals surface area contributed by atoms with E-state index in [-0.39, 0.29) is 12.0 Å². The highest BCUT2D eigenvalue weighted by molar-refractivity contribution is 5.27. The lowest BCUT2D eigenvalue weighted by Crippen LogP contribution is -2.33. The minimum absolute atomic E-state index is 0.224. The highest BCUT2D eigenvalue weighted by atomic mass is 16.5. The Balaban J connectivity index is 1.96. The van der Waals surface area contributed by atoms with Gasteiger partial charge in [0.2, 0.25) is 0 Å². The third-order valence-corrected chi connectivity index (χ3v) is 3.09. The van der Waals surface area contributed by atoms with Crippen molar-refractivity contribution in [3.63, 3.8) is 0 Å². The van der Waals surface area contributed by atoms with Crippen LogP contribution in [0.1, 0.15) is 12.0 Å². The van der Waals surface area contributed by atoms with Gasteiger partial charge in [0.15, 0.2) is 0 Å². The van der Waals surface area contributed by atoms with Crippen molar-refractivity contribution in [3.8, 4) is 5.75 Å². The number of rotatable bonds is 3. The Hall–Kier alpha value is -1.06. The number of aliphatic hydroxyl groups excluding tert-OH is 1. The van der Waals surface area contributed by atoms with Gasteiger partial charge in [-0.1, -0.05) is 12.1 Å². The van der Waals surface area contributed by atoms with E-state index in [1.165, 1.54) is 5.56 Å². The Kier molecular flexibility index (Phi) is 3.80. The summed E-state index contributed by atoms with van der Waals surface area (Å²) in [5, 5.41) is 9.83. The molecule has 2 atom stereocenters. The molecule has 0 aliphatic carbocycles. The summed E-state index contributed by atoms with van der Waals surface area (Å²) in [6.45, 7) is 1.34. The zero-order valence-electron chi connectivity index (χ0n) is 9.56. The topological polar surface area (TPSA) is 38.7 Å². The Morgan fingerprint density at radius 3 is 2.75 bits per heavy atom. The molecule has 0 amide bonds. The Labute approximate surface area is 96.0 Å². The van der Waals surface area contributed by atoms with Gasteiger partial charge in [0.05, 0.1) is 19.8 Å². The van der Waals surface area contributed by atoms with Crippen LogP contribution in [0.3, 0.4) is 0 Å². The van der Waals surface area contributed by atoms with Crippen LogP contribution in [-0.2, 0) is 11.2 Å². The van der Waals surface area contributed by atoms with Crippen LogP contribution >= 0.6 is 0 Å². The molecule has 0 spiro atoms. The summed E-state index contributed by atoms with van der Waals surface area (Å²) in [6.07, 6.45) is 1.39. The molecule has 1 aliphatic heterocycles. The van der Waals surface area contributed by atoms with E-state index in [4.69, 9.17) is 9.47 Å². The van der Waals surface area contributed by atoms with Gasteiger partial charge in [-0.3, -0.25) is 0 Å². The number of benzene rings is 1. The molecule has 88 valence electrons. The second-order valence-electron chi connectivity index (χ2n) is 4.24. The first kappa shape index (κ1) is 11.4. The fourth-order valence-corrected chi connectivity index (χ4v) is 2.04. The summed E-state index contributed by atoms with van der Waals surface area (Å²) >= 11 is 0. The van der Waals surface area contributed by atoms with Crippen LogP contribution < -0.4 is 4.74 Å². The molecule has 1 saturated heterocycles. The number of aliphatic hydroxyl groups is 1. The first-order chi connectivity index (χ1) is 7.79. The lowest BCUT2D eigenvalue weighted by molar-refractivity contribution is -0.0350. The van der Waals surface area contributed by atoms with Crippen LogP contribution in [0.5, 0.6) is 5.75 Å². The highest BCUT2D eigenvalue weighted by Gasteiger charge is 2.23. The van der Waals surface area contributed by atoms with Crippen molar-refractivity contribution < 1.29 is 14.6 Å². The molecule has 2 unspecified atom stereocenters. The van der Waals surface area contributed by atoms with E-state index in [1.54, 1.807) is 7.11 Å². The predicted octanol–water partition coefficient (Wildman–Crippen LogP) is 1.64. The Morgan fingerprint density at radius 1 is 1.38 bits per heavy atom. The molecule has 16 heavy (non-hydrogen) atoms. The Morgan fingerprint density at radius 2 is 2.12 bits per heavy atom. The van der Waals surface area contributed by atoms with E-state index in [2.05, 4.69) is 0 Å². The van der Waals surface area contributed by atoms with Crippen molar-refractivity contribution in [2.75, 3.05) is 20.3 Å². The molecular weight excluding hydrogens is 204 g/mol. The smallest absolute Gasteiger partial charge is 0.118 e. The van der Waals surface area contributed by atoms with Gasteiger partial charge in [-0.05, 0) is 30.5 Å². The first-order valence-electron chi connectivity index (χ1n) is 5.68. The van der Waals surface area contributed by atoms with Crippen LogP contribution in [0.4, 0.5) is 0 Å². The second kappa shape index (κ2) is 5.32. The minimum atomic E-state index is -0.226. The van der Waals surface area contributed by atoms with Gasteiger partial charge in [0, 0.05) is 12.5 Å². The van der Waals surface area contributed by atoms with Gasteiger partial charge in [-0.25, -0.2) is 0 Å². The zero-order chi connectivity index (χ0) is 11.4. The van der Waals surface area contributed by atoms with Crippen molar-refractivity contribution in [2.45, 2.75) is 18.9 Å². The second-order valence-corrected chi connectivity index (χ2v) is 4.24. The molecular formula is C13H18O3. The van der Waals surface area contributed by atoms with E-state index in [1.807, 2.05) is 24.3 Å². The molecule has 0 radical (unpaired) electrons. The van der Waals surface area contributed by atoms with E-state index in [0.29, 0.717) is 13.2 Å². The zero-order valence-corrected chi connectivity index (χ0v) is 9.56. The van der Waals surface area contributed by atoms with Crippen molar-refractivity contribution in [3.05, 3.63) is 29.8 Å². The number of hydrogen-bond donors (Lipinski definition) is 1. The third kappa shape index (κ3) is 2.74. The predicted molar refractivity (Wildman–Crippen MR) is 61.6 cm³/mol. The maximum atomic E-state index is 9.83. The van der Waals surface area contributed by atoms with Gasteiger partial charge < -0.3 is 14.6 Å². The van der Waals surface area contributed by atoms with Crippen molar-refractivity contribution in [1.82, 2.24) is 0 Å². The Bertz CT molecular complexity index is 320. The lowest BCUT2D eigenvalue weighted by Gasteiger charge is -2.27. The molecule has 1 aromatic rings. The monoisotopic (exact) mass is 222 g/mol. The van der Waals surface area contributed by atoms with Gasteiger partial charge in [-0.2, -0.15) is 0 Å². The summed E-state index contributed by atoms with van der Waals surface area (Å²) in [6, 6.07) is 7.98. The van der Waals surface area contributed by atoms with Crippen molar-refractivity contribution in [2.24, 2.45) is 5.92 Å². The average Bonchev–Trinajstić information content (AvgIpc) is 2.33. The molecule has 1 aliphatic rings. The largest absolute Gasteiger partial charge is 0.497 e. The first-order valence-corrected chi connectivity index (χ1v) is 5.68. The summed E-state index contributed by atoms with van der Waals surface area (Å²) in [5.74, 6) is 1.09.